The molecule has 0 spiro atoms. The molecule has 0 atom stereocenters. The van der Waals surface area contributed by atoms with Crippen LogP contribution in [0.25, 0.3) is 11.3 Å². The number of carbonyl (C=O) groups is 1. The van der Waals surface area contributed by atoms with Crippen LogP contribution in [0.15, 0.2) is 47.4 Å². The van der Waals surface area contributed by atoms with Gasteiger partial charge in [-0.2, -0.15) is 5.10 Å². The number of nitrogens with two attached hydrogens (primary N) is 1. The van der Waals surface area contributed by atoms with Crippen LogP contribution in [0.5, 0.6) is 0 Å². The molecule has 33 heavy (non-hydrogen) atoms. The van der Waals surface area contributed by atoms with E-state index in [0.29, 0.717) is 44.3 Å². The Hall–Kier alpha value is -2.39. The lowest BCUT2D eigenvalue weighted by Crippen LogP contribution is -2.29. The molecule has 0 aliphatic carbocycles. The van der Waals surface area contributed by atoms with Gasteiger partial charge < -0.3 is 10.3 Å². The van der Waals surface area contributed by atoms with Crippen molar-refractivity contribution in [3.8, 4) is 11.3 Å². The van der Waals surface area contributed by atoms with E-state index in [0.717, 1.165) is 9.75 Å². The zero-order valence-corrected chi connectivity index (χ0v) is 21.4. The Morgan fingerprint density at radius 2 is 1.70 bits per heavy atom. The van der Waals surface area contributed by atoms with Gasteiger partial charge in [-0.15, -0.1) is 22.7 Å². The highest BCUT2D eigenvalue weighted by atomic mass is 35.5. The molecule has 4 aromatic heterocycles. The second-order valence-corrected chi connectivity index (χ2v) is 12.2. The highest BCUT2D eigenvalue weighted by Crippen LogP contribution is 2.32. The second-order valence-electron chi connectivity index (χ2n) is 8.62. The van der Waals surface area contributed by atoms with E-state index in [9.17, 15) is 9.59 Å². The van der Waals surface area contributed by atoms with E-state index in [4.69, 9.17) is 28.9 Å². The molecule has 0 aliphatic rings. The van der Waals surface area contributed by atoms with Crippen molar-refractivity contribution in [3.63, 3.8) is 0 Å². The van der Waals surface area contributed by atoms with Gasteiger partial charge in [-0.1, -0.05) is 44.0 Å². The molecule has 0 fully saturated rings. The molecule has 0 saturated heterocycles. The Labute approximate surface area is 209 Å². The molecule has 0 unspecified atom stereocenters. The fourth-order valence-corrected chi connectivity index (χ4v) is 5.56. The highest BCUT2D eigenvalue weighted by Gasteiger charge is 2.30. The number of aromatic nitrogens is 3. The number of halogens is 2. The van der Waals surface area contributed by atoms with Crippen LogP contribution >= 0.6 is 45.9 Å². The van der Waals surface area contributed by atoms with Crippen molar-refractivity contribution in [2.75, 3.05) is 5.73 Å². The summed E-state index contributed by atoms with van der Waals surface area (Å²) in [5.41, 5.74) is 7.08. The predicted octanol–water partition coefficient (Wildman–Crippen LogP) is 6.05. The molecule has 4 aromatic rings. The van der Waals surface area contributed by atoms with E-state index in [2.05, 4.69) is 5.10 Å². The summed E-state index contributed by atoms with van der Waals surface area (Å²) in [4.78, 5) is 28.4. The van der Waals surface area contributed by atoms with Crippen molar-refractivity contribution in [2.24, 2.45) is 5.41 Å². The van der Waals surface area contributed by atoms with Crippen LogP contribution in [0.2, 0.25) is 8.67 Å². The fraction of sp³-hybridized carbons (Fsp3) is 0.261. The summed E-state index contributed by atoms with van der Waals surface area (Å²) in [5, 5.41) is 4.54. The maximum atomic E-state index is 13.3. The van der Waals surface area contributed by atoms with Crippen LogP contribution in [0.3, 0.4) is 0 Å². The molecule has 0 amide bonds. The van der Waals surface area contributed by atoms with Crippen molar-refractivity contribution in [1.29, 1.82) is 0 Å². The molecule has 0 bridgehead atoms. The monoisotopic (exact) mass is 520 g/mol. The average Bonchev–Trinajstić information content (AvgIpc) is 3.43. The standard InChI is InChI=1S/C23H22Cl2N4O2S2/c1-23(2,3)22(31)29-16(11-13-6-8-17(24)32-13)19(26)20(27-29)15-5-4-10-28(21(15)30)12-14-7-9-18(25)33-14/h4-10H,11-12,26H2,1-3H3. The second kappa shape index (κ2) is 9.10. The summed E-state index contributed by atoms with van der Waals surface area (Å²) in [6.45, 7) is 5.84. The van der Waals surface area contributed by atoms with Gasteiger partial charge in [0.15, 0.2) is 0 Å². The van der Waals surface area contributed by atoms with E-state index >= 15 is 0 Å². The molecule has 4 heterocycles. The third-order valence-corrected chi connectivity index (χ3v) is 7.50. The lowest BCUT2D eigenvalue weighted by Gasteiger charge is -2.17. The van der Waals surface area contributed by atoms with E-state index in [1.165, 1.54) is 27.4 Å². The van der Waals surface area contributed by atoms with Crippen molar-refractivity contribution in [3.05, 3.63) is 77.1 Å². The summed E-state index contributed by atoms with van der Waals surface area (Å²) in [5.74, 6) is -0.206. The summed E-state index contributed by atoms with van der Waals surface area (Å²) >= 11 is 15.0. The molecule has 0 saturated carbocycles. The fourth-order valence-electron chi connectivity index (χ4n) is 3.38. The topological polar surface area (TPSA) is 82.9 Å². The molecular formula is C23H22Cl2N4O2S2. The van der Waals surface area contributed by atoms with E-state index in [-0.39, 0.29) is 11.5 Å². The Morgan fingerprint density at radius 1 is 1.06 bits per heavy atom. The van der Waals surface area contributed by atoms with E-state index < -0.39 is 5.41 Å². The smallest absolute Gasteiger partial charge is 0.260 e. The normalized spacial score (nSPS) is 11.8. The summed E-state index contributed by atoms with van der Waals surface area (Å²) in [7, 11) is 0. The number of rotatable bonds is 5. The van der Waals surface area contributed by atoms with Crippen LogP contribution in [0.1, 0.15) is 41.0 Å². The Kier molecular flexibility index (Phi) is 6.55. The van der Waals surface area contributed by atoms with Gasteiger partial charge in [0.2, 0.25) is 0 Å². The van der Waals surface area contributed by atoms with Crippen LogP contribution < -0.4 is 11.3 Å². The van der Waals surface area contributed by atoms with Crippen LogP contribution in [0, 0.1) is 5.41 Å². The number of hydrogen-bond acceptors (Lipinski definition) is 6. The Balaban J connectivity index is 1.82. The first kappa shape index (κ1) is 23.8. The lowest BCUT2D eigenvalue weighted by molar-refractivity contribution is 0.0745. The zero-order chi connectivity index (χ0) is 23.9. The number of anilines is 1. The first-order valence-electron chi connectivity index (χ1n) is 10.1. The lowest BCUT2D eigenvalue weighted by atomic mass is 9.95. The largest absolute Gasteiger partial charge is 0.395 e. The van der Waals surface area contributed by atoms with Gasteiger partial charge in [0, 0.05) is 27.8 Å². The van der Waals surface area contributed by atoms with Crippen LogP contribution in [-0.2, 0) is 13.0 Å². The van der Waals surface area contributed by atoms with Gasteiger partial charge in [0.05, 0.1) is 32.2 Å². The van der Waals surface area contributed by atoms with E-state index in [1.807, 2.05) is 32.9 Å². The third-order valence-electron chi connectivity index (χ3n) is 5.06. The average molecular weight is 521 g/mol. The molecule has 0 radical (unpaired) electrons. The highest BCUT2D eigenvalue weighted by molar-refractivity contribution is 7.16. The van der Waals surface area contributed by atoms with E-state index in [1.54, 1.807) is 35.0 Å². The SMILES string of the molecule is CC(C)(C)C(=O)n1nc(-c2cccn(Cc3ccc(Cl)s3)c2=O)c(N)c1Cc1ccc(Cl)s1. The quantitative estimate of drug-likeness (QED) is 0.347. The van der Waals surface area contributed by atoms with Crippen molar-refractivity contribution < 1.29 is 4.79 Å². The minimum Gasteiger partial charge on any atom is -0.395 e. The summed E-state index contributed by atoms with van der Waals surface area (Å²) < 4.78 is 4.24. The Morgan fingerprint density at radius 3 is 2.27 bits per heavy atom. The third kappa shape index (κ3) is 4.94. The molecule has 10 heteroatoms. The molecule has 6 nitrogen and oxygen atoms in total. The van der Waals surface area contributed by atoms with Gasteiger partial charge in [-0.3, -0.25) is 9.59 Å². The molecule has 0 aliphatic heterocycles. The number of nitrogen functional groups attached to an aromatic ring is 1. The van der Waals surface area contributed by atoms with Gasteiger partial charge in [0.25, 0.3) is 11.5 Å². The van der Waals surface area contributed by atoms with Gasteiger partial charge in [-0.05, 0) is 36.4 Å². The van der Waals surface area contributed by atoms with Crippen molar-refractivity contribution in [2.45, 2.75) is 33.7 Å². The maximum Gasteiger partial charge on any atom is 0.260 e. The summed E-state index contributed by atoms with van der Waals surface area (Å²) in [6, 6.07) is 10.8. The first-order chi connectivity index (χ1) is 15.5. The molecule has 2 N–H and O–H groups in total. The van der Waals surface area contributed by atoms with Crippen molar-refractivity contribution >= 4 is 57.5 Å². The molecular weight excluding hydrogens is 499 g/mol. The summed E-state index contributed by atoms with van der Waals surface area (Å²) in [6.07, 6.45) is 2.09. The maximum absolute atomic E-state index is 13.3. The van der Waals surface area contributed by atoms with Crippen molar-refractivity contribution in [1.82, 2.24) is 14.3 Å². The Bertz CT molecular complexity index is 1390. The van der Waals surface area contributed by atoms with Gasteiger partial charge in [0.1, 0.15) is 5.69 Å². The number of carbonyl (C=O) groups excluding carboxylic acids is 1. The van der Waals surface area contributed by atoms with Crippen LogP contribution in [-0.4, -0.2) is 20.3 Å². The first-order valence-corrected chi connectivity index (χ1v) is 12.5. The minimum absolute atomic E-state index is 0.206. The van der Waals surface area contributed by atoms with Gasteiger partial charge in [-0.25, -0.2) is 4.68 Å². The van der Waals surface area contributed by atoms with Crippen LogP contribution in [0.4, 0.5) is 5.69 Å². The predicted molar refractivity (Wildman–Crippen MR) is 137 cm³/mol. The number of hydrogen-bond donors (Lipinski definition) is 1. The van der Waals surface area contributed by atoms with Gasteiger partial charge >= 0.3 is 0 Å². The number of nitrogens with zero attached hydrogens (tertiary/aromatic N) is 3. The minimum atomic E-state index is -0.688. The molecule has 172 valence electrons. The molecule has 0 aromatic carbocycles. The number of pyridine rings is 1. The molecule has 4 rings (SSSR count). The number of thiophene rings is 2. The zero-order valence-electron chi connectivity index (χ0n) is 18.3.